The summed E-state index contributed by atoms with van der Waals surface area (Å²) in [4.78, 5) is 14.4. The second-order valence-corrected chi connectivity index (χ2v) is 9.17. The smallest absolute Gasteiger partial charge is 0.236 e. The lowest BCUT2D eigenvalue weighted by molar-refractivity contribution is -0.132. The number of sulfonamides is 1. The number of hydrogen-bond acceptors (Lipinski definition) is 3. The SMILES string of the molecule is O=C(CCn1ccc2ccccc21)N1CCN(S(=O)(=O)/C=C/c2ccccc2)CC1. The lowest BCUT2D eigenvalue weighted by Gasteiger charge is -2.33. The molecule has 0 radical (unpaired) electrons. The fourth-order valence-electron chi connectivity index (χ4n) is 3.72. The number of para-hydroxylation sites is 1. The molecule has 0 saturated carbocycles. The van der Waals surface area contributed by atoms with Crippen molar-refractivity contribution in [3.05, 3.63) is 77.8 Å². The molecule has 1 aliphatic heterocycles. The Morgan fingerprint density at radius 2 is 1.60 bits per heavy atom. The summed E-state index contributed by atoms with van der Waals surface area (Å²) in [6.07, 6.45) is 4.01. The van der Waals surface area contributed by atoms with Gasteiger partial charge in [0.1, 0.15) is 0 Å². The first-order valence-corrected chi connectivity index (χ1v) is 11.6. The van der Waals surface area contributed by atoms with Crippen molar-refractivity contribution in [3.8, 4) is 0 Å². The first-order chi connectivity index (χ1) is 14.5. The van der Waals surface area contributed by atoms with E-state index in [0.29, 0.717) is 39.1 Å². The fourth-order valence-corrected chi connectivity index (χ4v) is 4.89. The molecule has 0 unspecified atom stereocenters. The lowest BCUT2D eigenvalue weighted by atomic mass is 10.2. The number of nitrogens with zero attached hydrogens (tertiary/aromatic N) is 3. The van der Waals surface area contributed by atoms with Gasteiger partial charge in [0.15, 0.2) is 0 Å². The van der Waals surface area contributed by atoms with Crippen molar-refractivity contribution in [3.63, 3.8) is 0 Å². The summed E-state index contributed by atoms with van der Waals surface area (Å²) in [5.41, 5.74) is 1.96. The van der Waals surface area contributed by atoms with Crippen LogP contribution < -0.4 is 0 Å². The van der Waals surface area contributed by atoms with Crippen LogP contribution in [0.25, 0.3) is 17.0 Å². The van der Waals surface area contributed by atoms with Crippen LogP contribution in [-0.4, -0.2) is 54.3 Å². The van der Waals surface area contributed by atoms with Crippen LogP contribution >= 0.6 is 0 Å². The van der Waals surface area contributed by atoms with Crippen LogP contribution in [0.3, 0.4) is 0 Å². The Balaban J connectivity index is 1.30. The Kier molecular flexibility index (Phi) is 6.01. The van der Waals surface area contributed by atoms with Crippen molar-refractivity contribution in [1.82, 2.24) is 13.8 Å². The van der Waals surface area contributed by atoms with Crippen LogP contribution in [0.15, 0.2) is 72.3 Å². The summed E-state index contributed by atoms with van der Waals surface area (Å²) in [5, 5.41) is 2.41. The van der Waals surface area contributed by atoms with Gasteiger partial charge in [0.2, 0.25) is 15.9 Å². The Morgan fingerprint density at radius 3 is 2.37 bits per heavy atom. The number of piperazine rings is 1. The van der Waals surface area contributed by atoms with Crippen molar-refractivity contribution in [2.45, 2.75) is 13.0 Å². The summed E-state index contributed by atoms with van der Waals surface area (Å²) in [6, 6.07) is 19.5. The first-order valence-electron chi connectivity index (χ1n) is 10.1. The summed E-state index contributed by atoms with van der Waals surface area (Å²) in [6.45, 7) is 2.09. The van der Waals surface area contributed by atoms with E-state index in [2.05, 4.69) is 10.6 Å². The predicted octanol–water partition coefficient (Wildman–Crippen LogP) is 3.18. The second-order valence-electron chi connectivity index (χ2n) is 7.36. The third-order valence-corrected chi connectivity index (χ3v) is 7.00. The zero-order valence-corrected chi connectivity index (χ0v) is 17.5. The molecule has 30 heavy (non-hydrogen) atoms. The molecule has 2 aromatic carbocycles. The molecule has 0 atom stereocenters. The number of aromatic nitrogens is 1. The van der Waals surface area contributed by atoms with Crippen molar-refractivity contribution in [1.29, 1.82) is 0 Å². The molecule has 2 heterocycles. The van der Waals surface area contributed by atoms with Gasteiger partial charge in [-0.05, 0) is 29.2 Å². The highest BCUT2D eigenvalue weighted by atomic mass is 32.2. The van der Waals surface area contributed by atoms with Gasteiger partial charge in [0, 0.05) is 56.3 Å². The van der Waals surface area contributed by atoms with E-state index in [0.717, 1.165) is 16.5 Å². The number of carbonyl (C=O) groups is 1. The molecule has 0 spiro atoms. The van der Waals surface area contributed by atoms with E-state index in [4.69, 9.17) is 0 Å². The first kappa shape index (κ1) is 20.4. The molecule has 1 saturated heterocycles. The van der Waals surface area contributed by atoms with Crippen LogP contribution in [-0.2, 0) is 21.4 Å². The number of fused-ring (bicyclic) bond motifs is 1. The van der Waals surface area contributed by atoms with Crippen LogP contribution in [0.1, 0.15) is 12.0 Å². The van der Waals surface area contributed by atoms with E-state index in [1.165, 1.54) is 9.71 Å². The van der Waals surface area contributed by atoms with Crippen LogP contribution in [0.4, 0.5) is 0 Å². The molecule has 0 N–H and O–H groups in total. The third kappa shape index (κ3) is 4.63. The number of hydrogen-bond donors (Lipinski definition) is 0. The lowest BCUT2D eigenvalue weighted by Crippen LogP contribution is -2.50. The second kappa shape index (κ2) is 8.85. The molecular weight excluding hydrogens is 398 g/mol. The van der Waals surface area contributed by atoms with E-state index in [9.17, 15) is 13.2 Å². The molecule has 0 bridgehead atoms. The van der Waals surface area contributed by atoms with Gasteiger partial charge in [-0.2, -0.15) is 4.31 Å². The minimum absolute atomic E-state index is 0.0599. The quantitative estimate of drug-likeness (QED) is 0.612. The molecule has 1 aliphatic rings. The molecule has 0 aliphatic carbocycles. The van der Waals surface area contributed by atoms with Gasteiger partial charge in [-0.1, -0.05) is 48.5 Å². The van der Waals surface area contributed by atoms with Crippen molar-refractivity contribution >= 4 is 32.9 Å². The summed E-state index contributed by atoms with van der Waals surface area (Å²) < 4.78 is 28.7. The Bertz CT molecular complexity index is 1140. The van der Waals surface area contributed by atoms with Gasteiger partial charge in [-0.15, -0.1) is 0 Å². The van der Waals surface area contributed by atoms with E-state index < -0.39 is 10.0 Å². The molecule has 1 fully saturated rings. The highest BCUT2D eigenvalue weighted by molar-refractivity contribution is 7.92. The van der Waals surface area contributed by atoms with Crippen LogP contribution in [0, 0.1) is 0 Å². The molecule has 1 amide bonds. The number of carbonyl (C=O) groups excluding carboxylic acids is 1. The van der Waals surface area contributed by atoms with Gasteiger partial charge in [0.25, 0.3) is 0 Å². The van der Waals surface area contributed by atoms with E-state index in [-0.39, 0.29) is 5.91 Å². The Labute approximate surface area is 177 Å². The van der Waals surface area contributed by atoms with E-state index >= 15 is 0 Å². The van der Waals surface area contributed by atoms with Gasteiger partial charge in [-0.25, -0.2) is 8.42 Å². The monoisotopic (exact) mass is 423 g/mol. The van der Waals surface area contributed by atoms with E-state index in [1.54, 1.807) is 11.0 Å². The highest BCUT2D eigenvalue weighted by Gasteiger charge is 2.27. The number of aryl methyl sites for hydroxylation is 1. The average molecular weight is 424 g/mol. The molecular formula is C23H25N3O3S. The standard InChI is InChI=1S/C23H25N3O3S/c27-23(11-14-24-13-10-21-8-4-5-9-22(21)24)25-15-17-26(18-16-25)30(28,29)19-12-20-6-2-1-3-7-20/h1-10,12-13,19H,11,14-18H2/b19-12+. The van der Waals surface area contributed by atoms with Crippen LogP contribution in [0.5, 0.6) is 0 Å². The Morgan fingerprint density at radius 1 is 0.900 bits per heavy atom. The summed E-state index contributed by atoms with van der Waals surface area (Å²) in [7, 11) is -3.49. The zero-order valence-electron chi connectivity index (χ0n) is 16.7. The number of rotatable bonds is 6. The molecule has 6 nitrogen and oxygen atoms in total. The van der Waals surface area contributed by atoms with Crippen molar-refractivity contribution < 1.29 is 13.2 Å². The number of benzene rings is 2. The Hall–Kier alpha value is -2.90. The van der Waals surface area contributed by atoms with Gasteiger partial charge < -0.3 is 9.47 Å². The van der Waals surface area contributed by atoms with Crippen molar-refractivity contribution in [2.75, 3.05) is 26.2 Å². The molecule has 1 aromatic heterocycles. The predicted molar refractivity (Wildman–Crippen MR) is 119 cm³/mol. The molecule has 156 valence electrons. The average Bonchev–Trinajstić information content (AvgIpc) is 3.20. The third-order valence-electron chi connectivity index (χ3n) is 5.43. The zero-order chi connectivity index (χ0) is 21.0. The van der Waals surface area contributed by atoms with Crippen molar-refractivity contribution in [2.24, 2.45) is 0 Å². The normalized spacial score (nSPS) is 15.8. The largest absolute Gasteiger partial charge is 0.347 e. The molecule has 7 heteroatoms. The maximum absolute atomic E-state index is 12.6. The highest BCUT2D eigenvalue weighted by Crippen LogP contribution is 2.16. The topological polar surface area (TPSA) is 62.6 Å². The van der Waals surface area contributed by atoms with E-state index in [1.807, 2.05) is 60.8 Å². The maximum Gasteiger partial charge on any atom is 0.236 e. The molecule has 3 aromatic rings. The maximum atomic E-state index is 12.6. The van der Waals surface area contributed by atoms with Crippen LogP contribution in [0.2, 0.25) is 0 Å². The van der Waals surface area contributed by atoms with Gasteiger partial charge in [0.05, 0.1) is 0 Å². The summed E-state index contributed by atoms with van der Waals surface area (Å²) in [5.74, 6) is 0.0599. The minimum Gasteiger partial charge on any atom is -0.347 e. The minimum atomic E-state index is -3.49. The van der Waals surface area contributed by atoms with Gasteiger partial charge in [-0.3, -0.25) is 4.79 Å². The number of amides is 1. The van der Waals surface area contributed by atoms with Gasteiger partial charge >= 0.3 is 0 Å². The summed E-state index contributed by atoms with van der Waals surface area (Å²) >= 11 is 0. The molecule has 4 rings (SSSR count). The fraction of sp³-hybridized carbons (Fsp3) is 0.261.